The molecule has 15 heavy (non-hydrogen) atoms. The first-order valence-corrected chi connectivity index (χ1v) is 5.03. The monoisotopic (exact) mass is 266 g/mol. The second-order valence-electron chi connectivity index (χ2n) is 3.01. The molecule has 0 bridgehead atoms. The third-order valence-corrected chi connectivity index (χ3v) is 2.54. The molecule has 4 heteroatoms. The van der Waals surface area contributed by atoms with Gasteiger partial charge in [0, 0.05) is 10.0 Å². The van der Waals surface area contributed by atoms with Crippen molar-refractivity contribution in [3.63, 3.8) is 0 Å². The molecular formula is C11H7BrO3. The molecule has 0 aliphatic rings. The largest absolute Gasteiger partial charge is 0.478 e. The summed E-state index contributed by atoms with van der Waals surface area (Å²) in [6.45, 7) is 0. The lowest BCUT2D eigenvalue weighted by Crippen LogP contribution is -1.98. The van der Waals surface area contributed by atoms with E-state index in [0.717, 1.165) is 10.0 Å². The highest BCUT2D eigenvalue weighted by atomic mass is 79.9. The third kappa shape index (κ3) is 1.94. The number of carbonyl (C=O) groups is 1. The second-order valence-corrected chi connectivity index (χ2v) is 3.92. The van der Waals surface area contributed by atoms with Gasteiger partial charge in [0.2, 0.25) is 0 Å². The van der Waals surface area contributed by atoms with E-state index in [2.05, 4.69) is 15.9 Å². The molecule has 0 spiro atoms. The maximum Gasteiger partial charge on any atom is 0.336 e. The Morgan fingerprint density at radius 1 is 1.33 bits per heavy atom. The van der Waals surface area contributed by atoms with Crippen LogP contribution >= 0.6 is 15.9 Å². The minimum atomic E-state index is -0.951. The summed E-state index contributed by atoms with van der Waals surface area (Å²) in [7, 11) is 0. The number of rotatable bonds is 2. The number of hydrogen-bond acceptors (Lipinski definition) is 2. The first kappa shape index (κ1) is 9.98. The van der Waals surface area contributed by atoms with E-state index in [9.17, 15) is 4.79 Å². The molecule has 0 saturated heterocycles. The highest BCUT2D eigenvalue weighted by Crippen LogP contribution is 2.26. The maximum absolute atomic E-state index is 11.0. The van der Waals surface area contributed by atoms with Gasteiger partial charge in [-0.25, -0.2) is 4.79 Å². The molecular weight excluding hydrogens is 260 g/mol. The van der Waals surface area contributed by atoms with Gasteiger partial charge < -0.3 is 9.52 Å². The van der Waals surface area contributed by atoms with Crippen molar-refractivity contribution in [3.8, 4) is 11.1 Å². The van der Waals surface area contributed by atoms with E-state index in [4.69, 9.17) is 9.52 Å². The first-order chi connectivity index (χ1) is 7.18. The Morgan fingerprint density at radius 3 is 2.73 bits per heavy atom. The smallest absolute Gasteiger partial charge is 0.336 e. The lowest BCUT2D eigenvalue weighted by atomic mass is 10.0. The van der Waals surface area contributed by atoms with Crippen LogP contribution in [0.15, 0.2) is 45.7 Å². The molecule has 76 valence electrons. The lowest BCUT2D eigenvalue weighted by molar-refractivity contribution is 0.0697. The summed E-state index contributed by atoms with van der Waals surface area (Å²) in [4.78, 5) is 11.0. The second kappa shape index (κ2) is 3.90. The van der Waals surface area contributed by atoms with E-state index in [0.29, 0.717) is 5.56 Å². The third-order valence-electron chi connectivity index (χ3n) is 2.04. The molecule has 0 unspecified atom stereocenters. The number of carboxylic acid groups (broad SMARTS) is 1. The first-order valence-electron chi connectivity index (χ1n) is 4.24. The topological polar surface area (TPSA) is 50.4 Å². The summed E-state index contributed by atoms with van der Waals surface area (Å²) >= 11 is 3.24. The van der Waals surface area contributed by atoms with Crippen molar-refractivity contribution in [2.24, 2.45) is 0 Å². The van der Waals surface area contributed by atoms with Gasteiger partial charge in [0.15, 0.2) is 0 Å². The lowest BCUT2D eigenvalue weighted by Gasteiger charge is -2.03. The van der Waals surface area contributed by atoms with Crippen molar-refractivity contribution in [3.05, 3.63) is 46.8 Å². The quantitative estimate of drug-likeness (QED) is 0.907. The maximum atomic E-state index is 11.0. The fraction of sp³-hybridized carbons (Fsp3) is 0. The van der Waals surface area contributed by atoms with Gasteiger partial charge in [0.05, 0.1) is 18.1 Å². The standard InChI is InChI=1S/C11H7BrO3/c12-8-1-2-9(7-3-4-15-6-7)10(5-8)11(13)14/h1-6H,(H,13,14). The van der Waals surface area contributed by atoms with Crippen LogP contribution in [0, 0.1) is 0 Å². The minimum Gasteiger partial charge on any atom is -0.478 e. The van der Waals surface area contributed by atoms with Crippen molar-refractivity contribution < 1.29 is 14.3 Å². The molecule has 0 atom stereocenters. The summed E-state index contributed by atoms with van der Waals surface area (Å²) in [6.07, 6.45) is 3.04. The summed E-state index contributed by atoms with van der Waals surface area (Å²) in [5, 5.41) is 9.04. The Labute approximate surface area is 94.5 Å². The molecule has 0 radical (unpaired) electrons. The van der Waals surface area contributed by atoms with Crippen LogP contribution in [-0.2, 0) is 0 Å². The van der Waals surface area contributed by atoms with Gasteiger partial charge >= 0.3 is 5.97 Å². The molecule has 1 N–H and O–H groups in total. The van der Waals surface area contributed by atoms with Crippen molar-refractivity contribution in [2.45, 2.75) is 0 Å². The van der Waals surface area contributed by atoms with E-state index in [1.54, 1.807) is 24.3 Å². The Kier molecular flexibility index (Phi) is 2.60. The molecule has 0 aliphatic heterocycles. The van der Waals surface area contributed by atoms with E-state index in [1.807, 2.05) is 0 Å². The normalized spacial score (nSPS) is 10.2. The van der Waals surface area contributed by atoms with Gasteiger partial charge in [-0.1, -0.05) is 22.0 Å². The van der Waals surface area contributed by atoms with Crippen LogP contribution in [-0.4, -0.2) is 11.1 Å². The predicted molar refractivity (Wildman–Crippen MR) is 58.8 cm³/mol. The molecule has 2 aromatic rings. The molecule has 1 aromatic carbocycles. The summed E-state index contributed by atoms with van der Waals surface area (Å²) in [5.41, 5.74) is 1.67. The van der Waals surface area contributed by atoms with Gasteiger partial charge in [-0.05, 0) is 23.8 Å². The molecule has 1 aromatic heterocycles. The van der Waals surface area contributed by atoms with Crippen LogP contribution < -0.4 is 0 Å². The minimum absolute atomic E-state index is 0.255. The summed E-state index contributed by atoms with van der Waals surface area (Å²) in [5.74, 6) is -0.951. The van der Waals surface area contributed by atoms with Crippen LogP contribution in [0.2, 0.25) is 0 Å². The Balaban J connectivity index is 2.61. The highest BCUT2D eigenvalue weighted by molar-refractivity contribution is 9.10. The average Bonchev–Trinajstić information content (AvgIpc) is 2.70. The van der Waals surface area contributed by atoms with Crippen LogP contribution in [0.4, 0.5) is 0 Å². The van der Waals surface area contributed by atoms with Gasteiger partial charge in [-0.3, -0.25) is 0 Å². The zero-order valence-corrected chi connectivity index (χ0v) is 9.19. The van der Waals surface area contributed by atoms with Crippen LogP contribution in [0.3, 0.4) is 0 Å². The SMILES string of the molecule is O=C(O)c1cc(Br)ccc1-c1ccoc1. The number of benzene rings is 1. The summed E-state index contributed by atoms with van der Waals surface area (Å²) < 4.78 is 5.67. The van der Waals surface area contributed by atoms with Crippen LogP contribution in [0.1, 0.15) is 10.4 Å². The number of furan rings is 1. The number of aromatic carboxylic acids is 1. The van der Waals surface area contributed by atoms with Crippen LogP contribution in [0.5, 0.6) is 0 Å². The molecule has 0 fully saturated rings. The van der Waals surface area contributed by atoms with Crippen LogP contribution in [0.25, 0.3) is 11.1 Å². The van der Waals surface area contributed by atoms with Gasteiger partial charge in [-0.2, -0.15) is 0 Å². The Bertz CT molecular complexity index is 489. The Hall–Kier alpha value is -1.55. The summed E-state index contributed by atoms with van der Waals surface area (Å²) in [6, 6.07) is 6.85. The van der Waals surface area contributed by atoms with E-state index < -0.39 is 5.97 Å². The van der Waals surface area contributed by atoms with E-state index in [1.165, 1.54) is 12.5 Å². The molecule has 0 amide bonds. The molecule has 2 rings (SSSR count). The highest BCUT2D eigenvalue weighted by Gasteiger charge is 2.12. The predicted octanol–water partition coefficient (Wildman–Crippen LogP) is 3.41. The molecule has 0 aliphatic carbocycles. The molecule has 1 heterocycles. The van der Waals surface area contributed by atoms with Crippen molar-refractivity contribution >= 4 is 21.9 Å². The fourth-order valence-corrected chi connectivity index (χ4v) is 1.72. The van der Waals surface area contributed by atoms with Gasteiger partial charge in [0.25, 0.3) is 0 Å². The van der Waals surface area contributed by atoms with Gasteiger partial charge in [-0.15, -0.1) is 0 Å². The average molecular weight is 267 g/mol. The van der Waals surface area contributed by atoms with Crippen molar-refractivity contribution in [2.75, 3.05) is 0 Å². The molecule has 3 nitrogen and oxygen atoms in total. The number of carboxylic acids is 1. The zero-order chi connectivity index (χ0) is 10.8. The number of hydrogen-bond donors (Lipinski definition) is 1. The zero-order valence-electron chi connectivity index (χ0n) is 7.61. The van der Waals surface area contributed by atoms with E-state index >= 15 is 0 Å². The van der Waals surface area contributed by atoms with Crippen molar-refractivity contribution in [1.29, 1.82) is 0 Å². The van der Waals surface area contributed by atoms with Gasteiger partial charge in [0.1, 0.15) is 0 Å². The van der Waals surface area contributed by atoms with E-state index in [-0.39, 0.29) is 5.56 Å². The number of halogens is 1. The molecule has 0 saturated carbocycles. The Morgan fingerprint density at radius 2 is 2.13 bits per heavy atom. The fourth-order valence-electron chi connectivity index (χ4n) is 1.36. The van der Waals surface area contributed by atoms with Crippen molar-refractivity contribution in [1.82, 2.24) is 0 Å².